The summed E-state index contributed by atoms with van der Waals surface area (Å²) in [7, 11) is 0. The lowest BCUT2D eigenvalue weighted by molar-refractivity contribution is 0.0851. The fourth-order valence-electron chi connectivity index (χ4n) is 1.15. The molecule has 2 rings (SSSR count). The quantitative estimate of drug-likeness (QED) is 0.506. The van der Waals surface area contributed by atoms with Crippen LogP contribution in [0.5, 0.6) is 0 Å². The maximum absolute atomic E-state index is 11.8. The number of hydrogen-bond acceptors (Lipinski definition) is 4. The normalized spacial score (nSPS) is 10.4. The van der Waals surface area contributed by atoms with Gasteiger partial charge in [-0.2, -0.15) is 0 Å². The molecule has 0 atom stereocenters. The summed E-state index contributed by atoms with van der Waals surface area (Å²) >= 11 is 15.8. The highest BCUT2D eigenvalue weighted by Crippen LogP contribution is 2.33. The van der Waals surface area contributed by atoms with Gasteiger partial charge in [0.2, 0.25) is 0 Å². The molecule has 20 heavy (non-hydrogen) atoms. The van der Waals surface area contributed by atoms with Crippen LogP contribution < -0.4 is 10.9 Å². The Morgan fingerprint density at radius 3 is 1.40 bits per heavy atom. The third-order valence-electron chi connectivity index (χ3n) is 2.03. The van der Waals surface area contributed by atoms with Crippen molar-refractivity contribution in [1.82, 2.24) is 10.9 Å². The molecule has 0 saturated carbocycles. The molecule has 4 nitrogen and oxygen atoms in total. The smallest absolute Gasteiger partial charge is 0.266 e. The number of hydrogen-bond donors (Lipinski definition) is 2. The molecule has 0 fully saturated rings. The second-order valence-corrected chi connectivity index (χ2v) is 9.82. The molecule has 2 aromatic heterocycles. The zero-order chi connectivity index (χ0) is 14.9. The summed E-state index contributed by atoms with van der Waals surface area (Å²) < 4.78 is 3.23. The average Bonchev–Trinajstić information content (AvgIpc) is 2.91. The molecule has 0 unspecified atom stereocenters. The lowest BCUT2D eigenvalue weighted by Gasteiger charge is -2.04. The molecule has 0 bridgehead atoms. The summed E-state index contributed by atoms with van der Waals surface area (Å²) in [6.45, 7) is 0. The van der Waals surface area contributed by atoms with Crippen molar-refractivity contribution in [2.75, 3.05) is 0 Å². The summed E-state index contributed by atoms with van der Waals surface area (Å²) in [6.07, 6.45) is 0. The summed E-state index contributed by atoms with van der Waals surface area (Å²) in [5.74, 6) is -0.742. The van der Waals surface area contributed by atoms with Gasteiger partial charge in [0.15, 0.2) is 0 Å². The van der Waals surface area contributed by atoms with Gasteiger partial charge in [0, 0.05) is 8.95 Å². The second kappa shape index (κ2) is 7.01. The van der Waals surface area contributed by atoms with E-state index >= 15 is 0 Å². The third-order valence-corrected chi connectivity index (χ3v) is 8.54. The molecule has 0 spiro atoms. The number of amides is 2. The van der Waals surface area contributed by atoms with Crippen molar-refractivity contribution in [3.05, 3.63) is 38.4 Å². The molecule has 106 valence electrons. The van der Waals surface area contributed by atoms with Crippen LogP contribution in [0.4, 0.5) is 0 Å². The van der Waals surface area contributed by atoms with Crippen LogP contribution in [-0.2, 0) is 0 Å². The number of thiophene rings is 2. The first-order valence-electron chi connectivity index (χ1n) is 4.89. The molecule has 0 radical (unpaired) electrons. The van der Waals surface area contributed by atoms with E-state index in [0.29, 0.717) is 9.75 Å². The van der Waals surface area contributed by atoms with Crippen molar-refractivity contribution in [3.63, 3.8) is 0 Å². The van der Waals surface area contributed by atoms with Crippen LogP contribution in [0.15, 0.2) is 28.7 Å². The van der Waals surface area contributed by atoms with Crippen LogP contribution in [-0.4, -0.2) is 11.8 Å². The van der Waals surface area contributed by atoms with Crippen molar-refractivity contribution in [2.24, 2.45) is 0 Å². The van der Waals surface area contributed by atoms with Crippen molar-refractivity contribution >= 4 is 98.2 Å². The fourth-order valence-corrected chi connectivity index (χ4v) is 5.02. The molecule has 2 heterocycles. The van der Waals surface area contributed by atoms with Gasteiger partial charge in [-0.1, -0.05) is 0 Å². The SMILES string of the molecule is O=C(NNC(=O)c1cc(Br)c(Br)s1)c1cc(Br)c(Br)s1. The van der Waals surface area contributed by atoms with Gasteiger partial charge in [-0.25, -0.2) is 0 Å². The minimum atomic E-state index is -0.371. The highest BCUT2D eigenvalue weighted by atomic mass is 79.9. The predicted molar refractivity (Wildman–Crippen MR) is 94.4 cm³/mol. The lowest BCUT2D eigenvalue weighted by Crippen LogP contribution is -2.41. The molecule has 0 aliphatic heterocycles. The van der Waals surface area contributed by atoms with Crippen LogP contribution in [0.25, 0.3) is 0 Å². The van der Waals surface area contributed by atoms with Crippen molar-refractivity contribution in [1.29, 1.82) is 0 Å². The number of carbonyl (C=O) groups is 2. The number of nitrogens with one attached hydrogen (secondary N) is 2. The second-order valence-electron chi connectivity index (χ2n) is 3.37. The fraction of sp³-hybridized carbons (Fsp3) is 0. The van der Waals surface area contributed by atoms with E-state index in [2.05, 4.69) is 74.6 Å². The molecular formula is C10H4Br4N2O2S2. The van der Waals surface area contributed by atoms with Gasteiger partial charge >= 0.3 is 0 Å². The first kappa shape index (κ1) is 16.6. The average molecular weight is 568 g/mol. The predicted octanol–water partition coefficient (Wildman–Crippen LogP) is 4.93. The molecule has 0 saturated heterocycles. The summed E-state index contributed by atoms with van der Waals surface area (Å²) in [4.78, 5) is 24.7. The van der Waals surface area contributed by atoms with E-state index in [1.165, 1.54) is 22.7 Å². The Morgan fingerprint density at radius 2 is 1.15 bits per heavy atom. The Labute approximate surface area is 155 Å². The van der Waals surface area contributed by atoms with E-state index < -0.39 is 0 Å². The van der Waals surface area contributed by atoms with Gasteiger partial charge in [-0.05, 0) is 75.9 Å². The molecule has 10 heteroatoms. The Morgan fingerprint density at radius 1 is 0.800 bits per heavy atom. The van der Waals surface area contributed by atoms with Gasteiger partial charge in [-0.15, -0.1) is 22.7 Å². The Balaban J connectivity index is 1.98. The summed E-state index contributed by atoms with van der Waals surface area (Å²) in [5, 5.41) is 0. The van der Waals surface area contributed by atoms with Crippen molar-refractivity contribution in [2.45, 2.75) is 0 Å². The van der Waals surface area contributed by atoms with Crippen LogP contribution in [0.2, 0.25) is 0 Å². The Hall–Kier alpha value is 0.260. The highest BCUT2D eigenvalue weighted by molar-refractivity contribution is 9.13. The van der Waals surface area contributed by atoms with Crippen molar-refractivity contribution < 1.29 is 9.59 Å². The van der Waals surface area contributed by atoms with E-state index in [1.807, 2.05) is 0 Å². The van der Waals surface area contributed by atoms with E-state index in [9.17, 15) is 9.59 Å². The van der Waals surface area contributed by atoms with Gasteiger partial charge in [0.05, 0.1) is 17.3 Å². The Kier molecular flexibility index (Phi) is 5.83. The minimum absolute atomic E-state index is 0.371. The van der Waals surface area contributed by atoms with E-state index in [0.717, 1.165) is 16.5 Å². The van der Waals surface area contributed by atoms with E-state index in [1.54, 1.807) is 12.1 Å². The van der Waals surface area contributed by atoms with Crippen LogP contribution in [0, 0.1) is 0 Å². The molecule has 0 aliphatic rings. The molecule has 0 aromatic carbocycles. The molecule has 2 N–H and O–H groups in total. The first-order valence-corrected chi connectivity index (χ1v) is 9.69. The van der Waals surface area contributed by atoms with Gasteiger partial charge in [-0.3, -0.25) is 20.4 Å². The molecular weight excluding hydrogens is 564 g/mol. The number of carbonyl (C=O) groups excluding carboxylic acids is 2. The standard InChI is InChI=1S/C10H4Br4N2O2S2/c11-3-1-5(19-7(3)13)9(17)15-16-10(18)6-2-4(12)8(14)20-6/h1-2H,(H,15,17)(H,16,18). The van der Waals surface area contributed by atoms with E-state index in [4.69, 9.17) is 0 Å². The zero-order valence-electron chi connectivity index (χ0n) is 9.30. The first-order chi connectivity index (χ1) is 9.38. The van der Waals surface area contributed by atoms with Crippen LogP contribution in [0.1, 0.15) is 19.3 Å². The zero-order valence-corrected chi connectivity index (χ0v) is 17.3. The summed E-state index contributed by atoms with van der Waals surface area (Å²) in [6, 6.07) is 3.35. The minimum Gasteiger partial charge on any atom is -0.266 e. The van der Waals surface area contributed by atoms with Gasteiger partial charge in [0.25, 0.3) is 11.8 Å². The van der Waals surface area contributed by atoms with Crippen LogP contribution >= 0.6 is 86.4 Å². The maximum Gasteiger partial charge on any atom is 0.279 e. The number of halogens is 4. The van der Waals surface area contributed by atoms with Gasteiger partial charge in [0.1, 0.15) is 0 Å². The van der Waals surface area contributed by atoms with Crippen molar-refractivity contribution in [3.8, 4) is 0 Å². The highest BCUT2D eigenvalue weighted by Gasteiger charge is 2.15. The number of hydrazine groups is 1. The Bertz CT molecular complexity index is 586. The van der Waals surface area contributed by atoms with Gasteiger partial charge < -0.3 is 0 Å². The third kappa shape index (κ3) is 3.92. The molecule has 2 aromatic rings. The largest absolute Gasteiger partial charge is 0.279 e. The van der Waals surface area contributed by atoms with Crippen LogP contribution in [0.3, 0.4) is 0 Å². The topological polar surface area (TPSA) is 58.2 Å². The monoisotopic (exact) mass is 564 g/mol. The summed E-state index contributed by atoms with van der Waals surface area (Å²) in [5.41, 5.74) is 4.75. The molecule has 2 amide bonds. The number of rotatable bonds is 2. The van der Waals surface area contributed by atoms with E-state index in [-0.39, 0.29) is 11.8 Å². The molecule has 0 aliphatic carbocycles. The lowest BCUT2D eigenvalue weighted by atomic mass is 10.4. The maximum atomic E-state index is 11.8.